The first-order valence-electron chi connectivity index (χ1n) is 5.28. The van der Waals surface area contributed by atoms with E-state index in [0.29, 0.717) is 12.5 Å². The topological polar surface area (TPSA) is 26.3 Å². The van der Waals surface area contributed by atoms with Crippen LogP contribution in [0.5, 0.6) is 0 Å². The van der Waals surface area contributed by atoms with Crippen molar-refractivity contribution < 1.29 is 9.53 Å². The lowest BCUT2D eigenvalue weighted by molar-refractivity contribution is -0.137. The highest BCUT2D eigenvalue weighted by atomic mass is 16.5. The van der Waals surface area contributed by atoms with Gasteiger partial charge in [0.25, 0.3) is 0 Å². The number of carbonyl (C=O) groups is 1. The van der Waals surface area contributed by atoms with E-state index in [-0.39, 0.29) is 5.97 Å². The van der Waals surface area contributed by atoms with E-state index in [9.17, 15) is 4.79 Å². The fraction of sp³-hybridized carbons (Fsp3) is 0.583. The molecule has 2 nitrogen and oxygen atoms in total. The molecule has 0 N–H and O–H groups in total. The number of esters is 1. The molecule has 1 aliphatic carbocycles. The van der Waals surface area contributed by atoms with Gasteiger partial charge in [-0.05, 0) is 39.0 Å². The second-order valence-corrected chi connectivity index (χ2v) is 3.50. The van der Waals surface area contributed by atoms with Gasteiger partial charge in [0.2, 0.25) is 0 Å². The molecule has 1 aliphatic rings. The third kappa shape index (κ3) is 3.02. The van der Waals surface area contributed by atoms with Crippen molar-refractivity contribution in [3.8, 4) is 0 Å². The highest BCUT2D eigenvalue weighted by molar-refractivity contribution is 5.83. The minimum absolute atomic E-state index is 0.195. The Hall–Kier alpha value is -1.05. The average Bonchev–Trinajstić information content (AvgIpc) is 2.54. The molecule has 0 spiro atoms. The maximum atomic E-state index is 11.2. The molecule has 0 aromatic heterocycles. The molecular weight excluding hydrogens is 176 g/mol. The summed E-state index contributed by atoms with van der Waals surface area (Å²) in [7, 11) is 0. The van der Waals surface area contributed by atoms with Crippen LogP contribution in [0.15, 0.2) is 23.8 Å². The Morgan fingerprint density at radius 3 is 3.07 bits per heavy atom. The van der Waals surface area contributed by atoms with Gasteiger partial charge < -0.3 is 4.74 Å². The van der Waals surface area contributed by atoms with Gasteiger partial charge in [0.15, 0.2) is 0 Å². The van der Waals surface area contributed by atoms with Crippen LogP contribution in [-0.4, -0.2) is 12.6 Å². The minimum atomic E-state index is -0.195. The largest absolute Gasteiger partial charge is 0.463 e. The summed E-state index contributed by atoms with van der Waals surface area (Å²) in [6, 6.07) is 0. The molecule has 1 unspecified atom stereocenters. The molecule has 0 aromatic carbocycles. The molecule has 0 aromatic rings. The van der Waals surface area contributed by atoms with Gasteiger partial charge in [0, 0.05) is 6.08 Å². The smallest absolute Gasteiger partial charge is 0.330 e. The first-order valence-corrected chi connectivity index (χ1v) is 5.28. The lowest BCUT2D eigenvalue weighted by atomic mass is 10.0. The van der Waals surface area contributed by atoms with Crippen LogP contribution in [0, 0.1) is 5.92 Å². The third-order valence-corrected chi connectivity index (χ3v) is 2.47. The van der Waals surface area contributed by atoms with Crippen molar-refractivity contribution in [3.05, 3.63) is 23.8 Å². The molecular formula is C12H18O2. The van der Waals surface area contributed by atoms with Gasteiger partial charge in [-0.3, -0.25) is 0 Å². The van der Waals surface area contributed by atoms with Gasteiger partial charge in [-0.2, -0.15) is 0 Å². The van der Waals surface area contributed by atoms with Crippen LogP contribution in [0.3, 0.4) is 0 Å². The van der Waals surface area contributed by atoms with E-state index < -0.39 is 0 Å². The second-order valence-electron chi connectivity index (χ2n) is 3.50. The van der Waals surface area contributed by atoms with Crippen molar-refractivity contribution in [3.63, 3.8) is 0 Å². The molecule has 14 heavy (non-hydrogen) atoms. The molecule has 1 atom stereocenters. The first-order chi connectivity index (χ1) is 6.77. The van der Waals surface area contributed by atoms with E-state index >= 15 is 0 Å². The van der Waals surface area contributed by atoms with Gasteiger partial charge >= 0.3 is 5.97 Å². The van der Waals surface area contributed by atoms with Crippen molar-refractivity contribution in [1.82, 2.24) is 0 Å². The SMILES string of the molecule is C/C=C\C1CCC/C1=C\C(=O)OCC. The molecule has 1 rings (SSSR count). The number of carbonyl (C=O) groups excluding carboxylic acids is 1. The van der Waals surface area contributed by atoms with E-state index in [1.807, 2.05) is 13.8 Å². The van der Waals surface area contributed by atoms with Crippen LogP contribution in [0.25, 0.3) is 0 Å². The molecule has 2 heteroatoms. The summed E-state index contributed by atoms with van der Waals surface area (Å²) in [4.78, 5) is 11.2. The quantitative estimate of drug-likeness (QED) is 0.392. The fourth-order valence-electron chi connectivity index (χ4n) is 1.86. The molecule has 0 heterocycles. The standard InChI is InChI=1S/C12H18O2/c1-3-6-10-7-5-8-11(10)9-12(13)14-4-2/h3,6,9-10H,4-5,7-8H2,1-2H3/b6-3-,11-9+. The molecule has 1 saturated carbocycles. The van der Waals surface area contributed by atoms with E-state index in [1.165, 1.54) is 12.0 Å². The Bertz CT molecular complexity index is 251. The normalized spacial score (nSPS) is 24.7. The van der Waals surface area contributed by atoms with Crippen molar-refractivity contribution in [1.29, 1.82) is 0 Å². The monoisotopic (exact) mass is 194 g/mol. The summed E-state index contributed by atoms with van der Waals surface area (Å²) in [6.45, 7) is 4.30. The minimum Gasteiger partial charge on any atom is -0.463 e. The summed E-state index contributed by atoms with van der Waals surface area (Å²) in [5, 5.41) is 0. The van der Waals surface area contributed by atoms with Gasteiger partial charge in [-0.1, -0.05) is 17.7 Å². The molecule has 0 amide bonds. The van der Waals surface area contributed by atoms with Gasteiger partial charge in [0.1, 0.15) is 0 Å². The number of hydrogen-bond donors (Lipinski definition) is 0. The first kappa shape index (κ1) is 11.0. The van der Waals surface area contributed by atoms with E-state index in [2.05, 4.69) is 12.2 Å². The van der Waals surface area contributed by atoms with Crippen molar-refractivity contribution in [2.24, 2.45) is 5.92 Å². The fourth-order valence-corrected chi connectivity index (χ4v) is 1.86. The predicted molar refractivity (Wildman–Crippen MR) is 56.9 cm³/mol. The Kier molecular flexibility index (Phi) is 4.44. The molecule has 1 fully saturated rings. The molecule has 0 bridgehead atoms. The van der Waals surface area contributed by atoms with E-state index in [4.69, 9.17) is 4.74 Å². The van der Waals surface area contributed by atoms with Crippen LogP contribution in [0.2, 0.25) is 0 Å². The number of allylic oxidation sites excluding steroid dienone is 3. The summed E-state index contributed by atoms with van der Waals surface area (Å²) in [6.07, 6.45) is 9.26. The number of ether oxygens (including phenoxy) is 1. The zero-order valence-electron chi connectivity index (χ0n) is 8.95. The maximum absolute atomic E-state index is 11.2. The Balaban J connectivity index is 2.61. The number of hydrogen-bond acceptors (Lipinski definition) is 2. The highest BCUT2D eigenvalue weighted by Gasteiger charge is 2.19. The molecule has 0 saturated heterocycles. The van der Waals surface area contributed by atoms with Crippen LogP contribution in [-0.2, 0) is 9.53 Å². The van der Waals surface area contributed by atoms with Crippen molar-refractivity contribution >= 4 is 5.97 Å². The Labute approximate surface area is 85.6 Å². The lowest BCUT2D eigenvalue weighted by Crippen LogP contribution is -2.02. The lowest BCUT2D eigenvalue weighted by Gasteiger charge is -2.05. The maximum Gasteiger partial charge on any atom is 0.330 e. The second kappa shape index (κ2) is 5.63. The average molecular weight is 194 g/mol. The Morgan fingerprint density at radius 1 is 1.64 bits per heavy atom. The third-order valence-electron chi connectivity index (χ3n) is 2.47. The molecule has 0 radical (unpaired) electrons. The summed E-state index contributed by atoms with van der Waals surface area (Å²) < 4.78 is 4.89. The predicted octanol–water partition coefficient (Wildman–Crippen LogP) is 2.85. The van der Waals surface area contributed by atoms with Crippen LogP contribution in [0.1, 0.15) is 33.1 Å². The highest BCUT2D eigenvalue weighted by Crippen LogP contribution is 2.31. The van der Waals surface area contributed by atoms with Crippen LogP contribution < -0.4 is 0 Å². The van der Waals surface area contributed by atoms with Gasteiger partial charge in [0.05, 0.1) is 6.61 Å². The zero-order valence-corrected chi connectivity index (χ0v) is 8.95. The summed E-state index contributed by atoms with van der Waals surface area (Å²) in [5.41, 5.74) is 1.22. The van der Waals surface area contributed by atoms with Crippen LogP contribution >= 0.6 is 0 Å². The molecule has 78 valence electrons. The van der Waals surface area contributed by atoms with Gasteiger partial charge in [-0.15, -0.1) is 0 Å². The van der Waals surface area contributed by atoms with E-state index in [1.54, 1.807) is 6.08 Å². The van der Waals surface area contributed by atoms with Crippen molar-refractivity contribution in [2.45, 2.75) is 33.1 Å². The summed E-state index contributed by atoms with van der Waals surface area (Å²) >= 11 is 0. The van der Waals surface area contributed by atoms with Gasteiger partial charge in [-0.25, -0.2) is 4.79 Å². The van der Waals surface area contributed by atoms with Crippen molar-refractivity contribution in [2.75, 3.05) is 6.61 Å². The summed E-state index contributed by atoms with van der Waals surface area (Å²) in [5.74, 6) is 0.267. The molecule has 0 aliphatic heterocycles. The van der Waals surface area contributed by atoms with Crippen LogP contribution in [0.4, 0.5) is 0 Å². The Morgan fingerprint density at radius 2 is 2.43 bits per heavy atom. The van der Waals surface area contributed by atoms with E-state index in [0.717, 1.165) is 12.8 Å². The number of rotatable bonds is 3. The zero-order chi connectivity index (χ0) is 10.4.